The summed E-state index contributed by atoms with van der Waals surface area (Å²) in [6, 6.07) is 25.7. The van der Waals surface area contributed by atoms with Crippen molar-refractivity contribution >= 4 is 45.6 Å². The van der Waals surface area contributed by atoms with Gasteiger partial charge in [-0.25, -0.2) is 0 Å². The van der Waals surface area contributed by atoms with Gasteiger partial charge in [0.05, 0.1) is 28.8 Å². The summed E-state index contributed by atoms with van der Waals surface area (Å²) < 4.78 is 11.8. The van der Waals surface area contributed by atoms with Gasteiger partial charge in [0.1, 0.15) is 6.61 Å². The van der Waals surface area contributed by atoms with Gasteiger partial charge >= 0.3 is 0 Å². The molecule has 3 nitrogen and oxygen atoms in total. The third-order valence-corrected chi connectivity index (χ3v) is 6.34. The average Bonchev–Trinajstić information content (AvgIpc) is 2.88. The molecular formula is C30H23Cl2NO2. The molecule has 0 fully saturated rings. The SMILES string of the molecule is C=CCc1cc(/C=C(/C#N)c2ccc3ccccc3c2)cc(OC)c1OCc1ccc(Cl)c(Cl)c1. The first-order valence-corrected chi connectivity index (χ1v) is 11.8. The maximum Gasteiger partial charge on any atom is 0.165 e. The fourth-order valence-corrected chi connectivity index (χ4v) is 4.20. The lowest BCUT2D eigenvalue weighted by Gasteiger charge is -2.16. The molecule has 4 rings (SSSR count). The second kappa shape index (κ2) is 11.1. The van der Waals surface area contributed by atoms with E-state index in [0.717, 1.165) is 33.0 Å². The zero-order valence-corrected chi connectivity index (χ0v) is 20.7. The zero-order chi connectivity index (χ0) is 24.8. The van der Waals surface area contributed by atoms with Crippen LogP contribution in [0.25, 0.3) is 22.4 Å². The zero-order valence-electron chi connectivity index (χ0n) is 19.2. The van der Waals surface area contributed by atoms with Crippen LogP contribution in [0.2, 0.25) is 10.0 Å². The van der Waals surface area contributed by atoms with Crippen molar-refractivity contribution in [2.24, 2.45) is 0 Å². The second-order valence-corrected chi connectivity index (χ2v) is 8.79. The van der Waals surface area contributed by atoms with Crippen molar-refractivity contribution in [3.63, 3.8) is 0 Å². The Labute approximate surface area is 215 Å². The van der Waals surface area contributed by atoms with Gasteiger partial charge in [-0.2, -0.15) is 5.26 Å². The number of nitriles is 1. The fourth-order valence-electron chi connectivity index (χ4n) is 3.88. The van der Waals surface area contributed by atoms with Gasteiger partial charge in [0.15, 0.2) is 11.5 Å². The first kappa shape index (κ1) is 24.4. The highest BCUT2D eigenvalue weighted by molar-refractivity contribution is 6.42. The van der Waals surface area contributed by atoms with Crippen molar-refractivity contribution in [3.05, 3.63) is 118 Å². The van der Waals surface area contributed by atoms with Crippen LogP contribution in [0.3, 0.4) is 0 Å². The molecule has 0 saturated carbocycles. The minimum Gasteiger partial charge on any atom is -0.493 e. The summed E-state index contributed by atoms with van der Waals surface area (Å²) in [5.74, 6) is 1.20. The molecule has 0 saturated heterocycles. The molecule has 0 spiro atoms. The molecule has 0 aliphatic carbocycles. The van der Waals surface area contributed by atoms with Crippen LogP contribution in [0, 0.1) is 11.3 Å². The minimum absolute atomic E-state index is 0.299. The highest BCUT2D eigenvalue weighted by atomic mass is 35.5. The summed E-state index contributed by atoms with van der Waals surface area (Å²) in [6.07, 6.45) is 4.25. The van der Waals surface area contributed by atoms with Crippen LogP contribution >= 0.6 is 23.2 Å². The number of benzene rings is 4. The van der Waals surface area contributed by atoms with Gasteiger partial charge in [0, 0.05) is 5.56 Å². The predicted molar refractivity (Wildman–Crippen MR) is 145 cm³/mol. The number of hydrogen-bond donors (Lipinski definition) is 0. The van der Waals surface area contributed by atoms with Gasteiger partial charge in [-0.15, -0.1) is 6.58 Å². The van der Waals surface area contributed by atoms with Gasteiger partial charge in [-0.05, 0) is 70.3 Å². The normalized spacial score (nSPS) is 11.2. The molecule has 0 amide bonds. The molecule has 0 aliphatic heterocycles. The van der Waals surface area contributed by atoms with E-state index in [1.54, 1.807) is 19.2 Å². The number of ether oxygens (including phenoxy) is 2. The smallest absolute Gasteiger partial charge is 0.165 e. The molecule has 0 heterocycles. The van der Waals surface area contributed by atoms with Crippen molar-refractivity contribution in [1.29, 1.82) is 5.26 Å². The molecule has 0 atom stereocenters. The third-order valence-electron chi connectivity index (χ3n) is 5.60. The van der Waals surface area contributed by atoms with E-state index in [-0.39, 0.29) is 0 Å². The lowest BCUT2D eigenvalue weighted by Crippen LogP contribution is -2.02. The summed E-state index contributed by atoms with van der Waals surface area (Å²) in [5, 5.41) is 13.1. The lowest BCUT2D eigenvalue weighted by molar-refractivity contribution is 0.282. The van der Waals surface area contributed by atoms with Gasteiger partial charge in [0.2, 0.25) is 0 Å². The van der Waals surface area contributed by atoms with Crippen LogP contribution < -0.4 is 9.47 Å². The Bertz CT molecular complexity index is 1470. The first-order chi connectivity index (χ1) is 17.0. The highest BCUT2D eigenvalue weighted by Gasteiger charge is 2.14. The molecule has 4 aromatic carbocycles. The second-order valence-electron chi connectivity index (χ2n) is 7.97. The molecule has 174 valence electrons. The Kier molecular flexibility index (Phi) is 7.77. The summed E-state index contributed by atoms with van der Waals surface area (Å²) in [4.78, 5) is 0. The summed E-state index contributed by atoms with van der Waals surface area (Å²) in [5.41, 5.74) is 4.05. The van der Waals surface area contributed by atoms with E-state index >= 15 is 0 Å². The molecular weight excluding hydrogens is 477 g/mol. The van der Waals surface area contributed by atoms with Crippen molar-refractivity contribution in [1.82, 2.24) is 0 Å². The Hall–Kier alpha value is -3.71. The Morgan fingerprint density at radius 2 is 1.77 bits per heavy atom. The van der Waals surface area contributed by atoms with Crippen LogP contribution in [-0.4, -0.2) is 7.11 Å². The van der Waals surface area contributed by atoms with E-state index in [2.05, 4.69) is 18.7 Å². The van der Waals surface area contributed by atoms with Crippen molar-refractivity contribution < 1.29 is 9.47 Å². The molecule has 0 aromatic heterocycles. The standard InChI is InChI=1S/C30H23Cl2NO2/c1-3-6-25-13-21(14-26(18-33)24-11-10-22-7-4-5-8-23(22)17-24)16-29(34-2)30(25)35-19-20-9-12-27(31)28(32)15-20/h3-5,7-17H,1,6,19H2,2H3/b26-14-. The Balaban J connectivity index is 1.69. The van der Waals surface area contributed by atoms with Crippen molar-refractivity contribution in [2.45, 2.75) is 13.0 Å². The lowest BCUT2D eigenvalue weighted by atomic mass is 9.98. The van der Waals surface area contributed by atoms with E-state index < -0.39 is 0 Å². The summed E-state index contributed by atoms with van der Waals surface area (Å²) in [7, 11) is 1.60. The Morgan fingerprint density at radius 3 is 2.49 bits per heavy atom. The van der Waals surface area contributed by atoms with Crippen LogP contribution in [0.5, 0.6) is 11.5 Å². The maximum absolute atomic E-state index is 9.91. The molecule has 0 bridgehead atoms. The number of methoxy groups -OCH3 is 1. The molecule has 0 aliphatic rings. The summed E-state index contributed by atoms with van der Waals surface area (Å²) >= 11 is 12.2. The van der Waals surface area contributed by atoms with Crippen LogP contribution in [0.15, 0.2) is 85.5 Å². The van der Waals surface area contributed by atoms with Crippen LogP contribution in [0.4, 0.5) is 0 Å². The highest BCUT2D eigenvalue weighted by Crippen LogP contribution is 2.36. The molecule has 0 N–H and O–H groups in total. The van der Waals surface area contributed by atoms with E-state index in [0.29, 0.717) is 40.1 Å². The van der Waals surface area contributed by atoms with Crippen LogP contribution in [-0.2, 0) is 13.0 Å². The van der Waals surface area contributed by atoms with Crippen molar-refractivity contribution in [3.8, 4) is 17.6 Å². The van der Waals surface area contributed by atoms with Gasteiger partial charge in [-0.3, -0.25) is 0 Å². The minimum atomic E-state index is 0.299. The number of nitrogens with zero attached hydrogens (tertiary/aromatic N) is 1. The topological polar surface area (TPSA) is 42.2 Å². The molecule has 0 unspecified atom stereocenters. The van der Waals surface area contributed by atoms with Gasteiger partial charge < -0.3 is 9.47 Å². The molecule has 35 heavy (non-hydrogen) atoms. The summed E-state index contributed by atoms with van der Waals surface area (Å²) in [6.45, 7) is 4.18. The maximum atomic E-state index is 9.91. The fraction of sp³-hybridized carbons (Fsp3) is 0.100. The number of hydrogen-bond acceptors (Lipinski definition) is 3. The van der Waals surface area contributed by atoms with E-state index in [1.165, 1.54) is 0 Å². The van der Waals surface area contributed by atoms with Gasteiger partial charge in [-0.1, -0.05) is 71.7 Å². The Morgan fingerprint density at radius 1 is 0.971 bits per heavy atom. The average molecular weight is 500 g/mol. The largest absolute Gasteiger partial charge is 0.493 e. The first-order valence-electron chi connectivity index (χ1n) is 11.0. The van der Waals surface area contributed by atoms with E-state index in [9.17, 15) is 5.26 Å². The molecule has 0 radical (unpaired) electrons. The predicted octanol–water partition coefficient (Wildman–Crippen LogP) is 8.53. The van der Waals surface area contributed by atoms with Crippen molar-refractivity contribution in [2.75, 3.05) is 7.11 Å². The molecule has 4 aromatic rings. The number of rotatable bonds is 8. The monoisotopic (exact) mass is 499 g/mol. The molecule has 5 heteroatoms. The number of fused-ring (bicyclic) bond motifs is 1. The van der Waals surface area contributed by atoms with Crippen LogP contribution in [0.1, 0.15) is 22.3 Å². The van der Waals surface area contributed by atoms with E-state index in [4.69, 9.17) is 32.7 Å². The quantitative estimate of drug-likeness (QED) is 0.138. The third kappa shape index (κ3) is 5.69. The number of halogens is 2. The van der Waals surface area contributed by atoms with Gasteiger partial charge in [0.25, 0.3) is 0 Å². The number of allylic oxidation sites excluding steroid dienone is 2. The van der Waals surface area contributed by atoms with E-state index in [1.807, 2.05) is 66.7 Å².